The summed E-state index contributed by atoms with van der Waals surface area (Å²) in [6.45, 7) is 5.68. The van der Waals surface area contributed by atoms with Gasteiger partial charge in [-0.2, -0.15) is 8.42 Å². The molecule has 4 nitrogen and oxygen atoms in total. The maximum absolute atomic E-state index is 13.6. The average molecular weight is 290 g/mol. The zero-order valence-electron chi connectivity index (χ0n) is 10.5. The largest absolute Gasteiger partial charge is 0.350 e. The van der Waals surface area contributed by atoms with E-state index in [2.05, 4.69) is 4.98 Å². The van der Waals surface area contributed by atoms with Crippen LogP contribution in [0.15, 0.2) is 10.4 Å². The van der Waals surface area contributed by atoms with E-state index in [-0.39, 0.29) is 10.9 Å². The van der Waals surface area contributed by atoms with Crippen LogP contribution in [-0.2, 0) is 16.6 Å². The van der Waals surface area contributed by atoms with Gasteiger partial charge in [-0.1, -0.05) is 24.7 Å². The van der Waals surface area contributed by atoms with Crippen molar-refractivity contribution in [2.75, 3.05) is 0 Å². The Hall–Kier alpha value is -0.950. The van der Waals surface area contributed by atoms with Crippen LogP contribution in [0.4, 0.5) is 3.89 Å². The first kappa shape index (κ1) is 13.5. The molecule has 0 N–H and O–H groups in total. The number of halogens is 1. The van der Waals surface area contributed by atoms with Gasteiger partial charge in [-0.15, -0.1) is 11.3 Å². The quantitative estimate of drug-likeness (QED) is 0.813. The van der Waals surface area contributed by atoms with Gasteiger partial charge in [0, 0.05) is 17.0 Å². The maximum atomic E-state index is 13.6. The molecule has 7 heteroatoms. The number of thiazole rings is 1. The van der Waals surface area contributed by atoms with Gasteiger partial charge in [-0.25, -0.2) is 4.98 Å². The number of hydrogen-bond donors (Lipinski definition) is 0. The molecule has 0 saturated carbocycles. The molecule has 0 aliphatic heterocycles. The molecule has 2 rings (SSSR count). The molecule has 0 spiro atoms. The fraction of sp³-hybridized carbons (Fsp3) is 0.545. The van der Waals surface area contributed by atoms with E-state index in [4.69, 9.17) is 0 Å². The summed E-state index contributed by atoms with van der Waals surface area (Å²) in [6.07, 6.45) is 1.35. The Kier molecular flexibility index (Phi) is 3.46. The lowest BCUT2D eigenvalue weighted by molar-refractivity contribution is 0.540. The van der Waals surface area contributed by atoms with Crippen LogP contribution in [0.25, 0.3) is 4.96 Å². The molecule has 0 fully saturated rings. The molecule has 0 aromatic carbocycles. The molecule has 0 amide bonds. The number of aromatic nitrogens is 2. The van der Waals surface area contributed by atoms with Gasteiger partial charge in [0.15, 0.2) is 9.99 Å². The molecule has 100 valence electrons. The zero-order valence-corrected chi connectivity index (χ0v) is 12.1. The van der Waals surface area contributed by atoms with Crippen molar-refractivity contribution in [3.05, 3.63) is 16.8 Å². The first-order valence-electron chi connectivity index (χ1n) is 5.83. The standard InChI is InChI=1S/C11H15FN2O2S2/c1-4-7(3)9-10(18(12,15)16)14-8(5-2)6-17-11(14)13-9/h6-7H,4-5H2,1-3H3. The Balaban J connectivity index is 2.84. The second-order valence-corrected chi connectivity index (χ2v) is 6.35. The van der Waals surface area contributed by atoms with Crippen molar-refractivity contribution in [2.24, 2.45) is 0 Å². The van der Waals surface area contributed by atoms with E-state index in [1.54, 1.807) is 0 Å². The van der Waals surface area contributed by atoms with Crippen LogP contribution in [0.1, 0.15) is 44.5 Å². The monoisotopic (exact) mass is 290 g/mol. The van der Waals surface area contributed by atoms with E-state index in [0.717, 1.165) is 12.1 Å². The minimum Gasteiger partial charge on any atom is -0.275 e. The van der Waals surface area contributed by atoms with Crippen molar-refractivity contribution in [3.63, 3.8) is 0 Å². The summed E-state index contributed by atoms with van der Waals surface area (Å²) in [5.41, 5.74) is 1.11. The van der Waals surface area contributed by atoms with Crippen molar-refractivity contribution in [1.82, 2.24) is 9.38 Å². The summed E-state index contributed by atoms with van der Waals surface area (Å²) < 4.78 is 37.8. The molecule has 2 aromatic rings. The SMILES string of the molecule is CCc1csc2nc(C(C)CC)c(S(=O)(=O)F)n12. The molecule has 2 heterocycles. The van der Waals surface area contributed by atoms with Crippen LogP contribution in [0.5, 0.6) is 0 Å². The molecular formula is C11H15FN2O2S2. The van der Waals surface area contributed by atoms with Crippen molar-refractivity contribution in [3.8, 4) is 0 Å². The molecule has 1 unspecified atom stereocenters. The van der Waals surface area contributed by atoms with Gasteiger partial charge >= 0.3 is 10.2 Å². The molecule has 1 atom stereocenters. The average Bonchev–Trinajstić information content (AvgIpc) is 2.83. The lowest BCUT2D eigenvalue weighted by atomic mass is 10.1. The van der Waals surface area contributed by atoms with Crippen LogP contribution < -0.4 is 0 Å². The minimum absolute atomic E-state index is 0.0812. The van der Waals surface area contributed by atoms with Crippen LogP contribution in [-0.4, -0.2) is 17.8 Å². The Morgan fingerprint density at radius 2 is 2.17 bits per heavy atom. The first-order chi connectivity index (χ1) is 8.40. The molecule has 2 aromatic heterocycles. The summed E-state index contributed by atoms with van der Waals surface area (Å²) in [5, 5.41) is 1.53. The predicted molar refractivity (Wildman–Crippen MR) is 69.4 cm³/mol. The summed E-state index contributed by atoms with van der Waals surface area (Å²) >= 11 is 1.34. The molecule has 0 radical (unpaired) electrons. The Morgan fingerprint density at radius 1 is 1.50 bits per heavy atom. The smallest absolute Gasteiger partial charge is 0.275 e. The fourth-order valence-electron chi connectivity index (χ4n) is 1.90. The van der Waals surface area contributed by atoms with E-state index in [9.17, 15) is 12.3 Å². The summed E-state index contributed by atoms with van der Waals surface area (Å²) in [4.78, 5) is 4.82. The second kappa shape index (κ2) is 4.62. The number of nitrogens with zero attached hydrogens (tertiary/aromatic N) is 2. The van der Waals surface area contributed by atoms with Gasteiger partial charge in [0.2, 0.25) is 0 Å². The topological polar surface area (TPSA) is 51.4 Å². The highest BCUT2D eigenvalue weighted by atomic mass is 32.3. The first-order valence-corrected chi connectivity index (χ1v) is 8.09. The third-order valence-electron chi connectivity index (χ3n) is 3.09. The highest BCUT2D eigenvalue weighted by Gasteiger charge is 2.29. The highest BCUT2D eigenvalue weighted by Crippen LogP contribution is 2.31. The van der Waals surface area contributed by atoms with Crippen LogP contribution >= 0.6 is 11.3 Å². The van der Waals surface area contributed by atoms with Crippen molar-refractivity contribution in [1.29, 1.82) is 0 Å². The van der Waals surface area contributed by atoms with Crippen molar-refractivity contribution in [2.45, 2.75) is 44.6 Å². The summed E-state index contributed by atoms with van der Waals surface area (Å²) in [6, 6.07) is 0. The maximum Gasteiger partial charge on any atom is 0.350 e. The van der Waals surface area contributed by atoms with Gasteiger partial charge < -0.3 is 0 Å². The predicted octanol–water partition coefficient (Wildman–Crippen LogP) is 3.13. The Morgan fingerprint density at radius 3 is 2.67 bits per heavy atom. The third kappa shape index (κ3) is 2.05. The van der Waals surface area contributed by atoms with Crippen LogP contribution in [0, 0.1) is 0 Å². The normalized spacial score (nSPS) is 14.2. The number of hydrogen-bond acceptors (Lipinski definition) is 4. The summed E-state index contributed by atoms with van der Waals surface area (Å²) in [7, 11) is -4.77. The lowest BCUT2D eigenvalue weighted by Crippen LogP contribution is -2.05. The fourth-order valence-corrected chi connectivity index (χ4v) is 3.85. The summed E-state index contributed by atoms with van der Waals surface area (Å²) in [5.74, 6) is -0.0812. The van der Waals surface area contributed by atoms with Gasteiger partial charge in [0.05, 0.1) is 5.69 Å². The molecule has 0 saturated heterocycles. The van der Waals surface area contributed by atoms with Gasteiger partial charge in [0.25, 0.3) is 0 Å². The van der Waals surface area contributed by atoms with E-state index in [1.807, 2.05) is 26.2 Å². The second-order valence-electron chi connectivity index (χ2n) is 4.25. The zero-order chi connectivity index (χ0) is 13.5. The number of imidazole rings is 1. The van der Waals surface area contributed by atoms with Gasteiger partial charge in [-0.3, -0.25) is 4.40 Å². The Bertz CT molecular complexity index is 673. The minimum atomic E-state index is -4.77. The highest BCUT2D eigenvalue weighted by molar-refractivity contribution is 7.86. The number of fused-ring (bicyclic) bond motifs is 1. The van der Waals surface area contributed by atoms with E-state index in [1.165, 1.54) is 15.7 Å². The Labute approximate surface area is 110 Å². The van der Waals surface area contributed by atoms with Crippen LogP contribution in [0.2, 0.25) is 0 Å². The molecule has 0 aliphatic carbocycles. The number of rotatable bonds is 4. The van der Waals surface area contributed by atoms with Gasteiger partial charge in [-0.05, 0) is 12.8 Å². The van der Waals surface area contributed by atoms with E-state index in [0.29, 0.717) is 17.1 Å². The molecule has 0 aliphatic rings. The third-order valence-corrected chi connectivity index (χ3v) is 4.82. The van der Waals surface area contributed by atoms with E-state index < -0.39 is 10.2 Å². The van der Waals surface area contributed by atoms with Crippen LogP contribution in [0.3, 0.4) is 0 Å². The lowest BCUT2D eigenvalue weighted by Gasteiger charge is -2.07. The molecule has 0 bridgehead atoms. The van der Waals surface area contributed by atoms with Crippen molar-refractivity contribution < 1.29 is 12.3 Å². The van der Waals surface area contributed by atoms with Gasteiger partial charge in [0.1, 0.15) is 0 Å². The number of aryl methyl sites for hydroxylation is 1. The van der Waals surface area contributed by atoms with E-state index >= 15 is 0 Å². The molecule has 18 heavy (non-hydrogen) atoms. The molecular weight excluding hydrogens is 275 g/mol. The van der Waals surface area contributed by atoms with Crippen molar-refractivity contribution >= 4 is 26.5 Å².